The van der Waals surface area contributed by atoms with Crippen LogP contribution in [0.15, 0.2) is 15.5 Å². The van der Waals surface area contributed by atoms with Crippen LogP contribution >= 0.6 is 28.7 Å². The molecule has 0 saturated carbocycles. The van der Waals surface area contributed by atoms with Crippen molar-refractivity contribution < 1.29 is 0 Å². The van der Waals surface area contributed by atoms with E-state index < -0.39 is 0 Å². The van der Waals surface area contributed by atoms with Gasteiger partial charge in [0.2, 0.25) is 0 Å². The molecule has 1 saturated heterocycles. The normalized spacial score (nSPS) is 34.7. The summed E-state index contributed by atoms with van der Waals surface area (Å²) in [6, 6.07) is 0.660. The van der Waals surface area contributed by atoms with Crippen molar-refractivity contribution in [3.63, 3.8) is 0 Å². The van der Waals surface area contributed by atoms with Crippen molar-refractivity contribution >= 4 is 35.0 Å². The Morgan fingerprint density at radius 2 is 2.42 bits per heavy atom. The Bertz CT molecular complexity index is 251. The van der Waals surface area contributed by atoms with E-state index in [9.17, 15) is 0 Å². The zero-order valence-corrected chi connectivity index (χ0v) is 9.15. The van der Waals surface area contributed by atoms with Gasteiger partial charge < -0.3 is 6.15 Å². The summed E-state index contributed by atoms with van der Waals surface area (Å²) in [7, 11) is 0. The molecule has 3 nitrogen and oxygen atoms in total. The van der Waals surface area contributed by atoms with E-state index in [-0.39, 0.29) is 23.1 Å². The number of nitrogens with zero attached hydrogens (tertiary/aromatic N) is 1. The Morgan fingerprint density at radius 3 is 3.25 bits per heavy atom. The van der Waals surface area contributed by atoms with Crippen molar-refractivity contribution in [1.82, 2.24) is 11.5 Å². The van der Waals surface area contributed by atoms with Crippen molar-refractivity contribution in [2.24, 2.45) is 4.99 Å². The van der Waals surface area contributed by atoms with E-state index in [4.69, 9.17) is 0 Å². The van der Waals surface area contributed by atoms with Gasteiger partial charge in [-0.2, -0.15) is 0 Å². The number of thioether (sulfide) groups is 1. The smallest absolute Gasteiger partial charge is 0.0861 e. The second-order valence-corrected chi connectivity index (χ2v) is 4.01. The number of hydrogen-bond acceptors (Lipinski definition) is 4. The fourth-order valence-electron chi connectivity index (χ4n) is 1.71. The van der Waals surface area contributed by atoms with Crippen molar-refractivity contribution in [3.05, 3.63) is 10.5 Å². The van der Waals surface area contributed by atoms with Crippen molar-refractivity contribution in [2.75, 3.05) is 6.54 Å². The highest BCUT2D eigenvalue weighted by atomic mass is 79.9. The average molecular weight is 250 g/mol. The molecule has 4 heterocycles. The van der Waals surface area contributed by atoms with Gasteiger partial charge in [0.25, 0.3) is 0 Å². The van der Waals surface area contributed by atoms with Gasteiger partial charge in [-0.1, -0.05) is 0 Å². The highest BCUT2D eigenvalue weighted by Gasteiger charge is 2.43. The molecule has 0 amide bonds. The molecule has 0 aromatic carbocycles. The summed E-state index contributed by atoms with van der Waals surface area (Å²) in [6.45, 7) is 0.998. The maximum atomic E-state index is 4.30. The third kappa shape index (κ3) is 1.16. The number of halogens is 1. The summed E-state index contributed by atoms with van der Waals surface area (Å²) in [5, 5.41) is 4.13. The van der Waals surface area contributed by atoms with E-state index in [1.165, 1.54) is 12.0 Å². The zero-order chi connectivity index (χ0) is 6.55. The molecule has 4 aliphatic rings. The first-order valence-electron chi connectivity index (χ1n) is 3.62. The minimum atomic E-state index is 0. The van der Waals surface area contributed by atoms with E-state index >= 15 is 0 Å². The van der Waals surface area contributed by atoms with Crippen LogP contribution in [0.1, 0.15) is 6.42 Å². The molecule has 4 bridgehead atoms. The molecule has 68 valence electrons. The molecule has 0 radical (unpaired) electrons. The number of rotatable bonds is 0. The summed E-state index contributed by atoms with van der Waals surface area (Å²) in [4.78, 5) is 5.86. The Labute approximate surface area is 86.4 Å². The van der Waals surface area contributed by atoms with Crippen LogP contribution in [0.25, 0.3) is 0 Å². The maximum absolute atomic E-state index is 4.30. The van der Waals surface area contributed by atoms with Gasteiger partial charge in [-0.25, -0.2) is 0 Å². The molecule has 4 aliphatic heterocycles. The van der Waals surface area contributed by atoms with Crippen LogP contribution in [0.3, 0.4) is 0 Å². The van der Waals surface area contributed by atoms with Crippen LogP contribution in [0.2, 0.25) is 0 Å². The van der Waals surface area contributed by atoms with Gasteiger partial charge in [0.15, 0.2) is 0 Å². The third-order valence-corrected chi connectivity index (χ3v) is 3.66. The molecule has 2 unspecified atom stereocenters. The van der Waals surface area contributed by atoms with Crippen LogP contribution in [0.4, 0.5) is 0 Å². The van der Waals surface area contributed by atoms with Crippen LogP contribution in [0.5, 0.6) is 0 Å². The van der Waals surface area contributed by atoms with Crippen LogP contribution in [0, 0.1) is 0 Å². The molecule has 0 aromatic heterocycles. The largest absolute Gasteiger partial charge is 0.344 e. The SMILES string of the molecule is Br.C1=NCCC2NC3SC2=C13.N. The molecular formula is C7H12BrN3S. The van der Waals surface area contributed by atoms with Crippen LogP contribution in [-0.4, -0.2) is 24.2 Å². The third-order valence-electron chi connectivity index (χ3n) is 2.26. The summed E-state index contributed by atoms with van der Waals surface area (Å²) in [5.41, 5.74) is 1.47. The Hall–Kier alpha value is 0.160. The Kier molecular flexibility index (Phi) is 2.98. The lowest BCUT2D eigenvalue weighted by atomic mass is 10.2. The quantitative estimate of drug-likeness (QED) is 0.685. The summed E-state index contributed by atoms with van der Waals surface area (Å²) < 4.78 is 0. The Balaban J connectivity index is 0.000000360. The summed E-state index contributed by atoms with van der Waals surface area (Å²) in [6.07, 6.45) is 3.25. The lowest BCUT2D eigenvalue weighted by Crippen LogP contribution is -2.26. The number of nitrogens with one attached hydrogen (secondary N) is 1. The molecule has 2 atom stereocenters. The van der Waals surface area contributed by atoms with Crippen molar-refractivity contribution in [3.8, 4) is 0 Å². The monoisotopic (exact) mass is 249 g/mol. The molecule has 5 heteroatoms. The first-order chi connectivity index (χ1) is 4.95. The zero-order valence-electron chi connectivity index (χ0n) is 6.62. The van der Waals surface area contributed by atoms with Gasteiger partial charge in [0.05, 0.1) is 5.37 Å². The van der Waals surface area contributed by atoms with Crippen molar-refractivity contribution in [1.29, 1.82) is 0 Å². The van der Waals surface area contributed by atoms with E-state index in [1.807, 2.05) is 11.8 Å². The lowest BCUT2D eigenvalue weighted by molar-refractivity contribution is 0.617. The van der Waals surface area contributed by atoms with E-state index in [0.717, 1.165) is 6.54 Å². The first kappa shape index (κ1) is 10.2. The second kappa shape index (κ2) is 3.49. The molecule has 4 N–H and O–H groups in total. The number of aliphatic imine (C=N–C) groups is 1. The van der Waals surface area contributed by atoms with E-state index in [2.05, 4.69) is 16.5 Å². The topological polar surface area (TPSA) is 59.4 Å². The first-order valence-corrected chi connectivity index (χ1v) is 4.50. The van der Waals surface area contributed by atoms with Crippen molar-refractivity contribution in [2.45, 2.75) is 17.8 Å². The van der Waals surface area contributed by atoms with E-state index in [1.54, 1.807) is 4.91 Å². The maximum Gasteiger partial charge on any atom is 0.0861 e. The summed E-state index contributed by atoms with van der Waals surface area (Å²) >= 11 is 1.98. The van der Waals surface area contributed by atoms with Crippen LogP contribution in [-0.2, 0) is 0 Å². The van der Waals surface area contributed by atoms with Gasteiger partial charge >= 0.3 is 0 Å². The lowest BCUT2D eigenvalue weighted by Gasteiger charge is -2.17. The van der Waals surface area contributed by atoms with Crippen LogP contribution < -0.4 is 11.5 Å². The van der Waals surface area contributed by atoms with Gasteiger partial charge in [0, 0.05) is 29.3 Å². The highest BCUT2D eigenvalue weighted by Crippen LogP contribution is 2.48. The highest BCUT2D eigenvalue weighted by molar-refractivity contribution is 8.93. The van der Waals surface area contributed by atoms with Gasteiger partial charge in [-0.15, -0.1) is 28.7 Å². The fourth-order valence-corrected chi connectivity index (χ4v) is 2.98. The molecule has 12 heavy (non-hydrogen) atoms. The predicted molar refractivity (Wildman–Crippen MR) is 58.6 cm³/mol. The predicted octanol–water partition coefficient (Wildman–Crippen LogP) is 1.50. The average Bonchev–Trinajstić information content (AvgIpc) is 2.36. The van der Waals surface area contributed by atoms with E-state index in [0.29, 0.717) is 11.4 Å². The van der Waals surface area contributed by atoms with Gasteiger partial charge in [-0.05, 0) is 6.42 Å². The second-order valence-electron chi connectivity index (χ2n) is 2.86. The summed E-state index contributed by atoms with van der Waals surface area (Å²) in [5.74, 6) is 0. The molecule has 4 rings (SSSR count). The Morgan fingerprint density at radius 1 is 1.58 bits per heavy atom. The molecule has 0 aromatic rings. The number of hydrogen-bond donors (Lipinski definition) is 2. The molecular weight excluding hydrogens is 238 g/mol. The molecule has 1 fully saturated rings. The fraction of sp³-hybridized carbons (Fsp3) is 0.571. The van der Waals surface area contributed by atoms with Gasteiger partial charge in [0.1, 0.15) is 0 Å². The van der Waals surface area contributed by atoms with Gasteiger partial charge in [-0.3, -0.25) is 10.3 Å². The minimum absolute atomic E-state index is 0. The minimum Gasteiger partial charge on any atom is -0.344 e. The molecule has 0 aliphatic carbocycles. The molecule has 0 spiro atoms. The standard InChI is InChI=1S/C7H8N2S.BrH.H3N/c1-2-8-3-4-6-5(1)9-7(4)10-6;;/h3,5,7,9H,1-2H2;1H;1H3.